The summed E-state index contributed by atoms with van der Waals surface area (Å²) in [5, 5.41) is 0. The SMILES string of the molecule is CC(C)(C)OC(=O)N1C=C[C@@H](c2ccc(F)c(F)c2)CC1. The Labute approximate surface area is 123 Å². The zero-order valence-electron chi connectivity index (χ0n) is 12.4. The lowest BCUT2D eigenvalue weighted by Gasteiger charge is -2.29. The van der Waals surface area contributed by atoms with Crippen molar-refractivity contribution in [1.82, 2.24) is 4.90 Å². The summed E-state index contributed by atoms with van der Waals surface area (Å²) < 4.78 is 31.4. The van der Waals surface area contributed by atoms with Crippen molar-refractivity contribution in [2.75, 3.05) is 6.54 Å². The quantitative estimate of drug-likeness (QED) is 0.777. The zero-order chi connectivity index (χ0) is 15.6. The number of nitrogens with zero attached hydrogens (tertiary/aromatic N) is 1. The first kappa shape index (κ1) is 15.5. The largest absolute Gasteiger partial charge is 0.443 e. The summed E-state index contributed by atoms with van der Waals surface area (Å²) in [5.41, 5.74) is 0.163. The maximum Gasteiger partial charge on any atom is 0.414 e. The highest BCUT2D eigenvalue weighted by Crippen LogP contribution is 2.27. The first-order valence-corrected chi connectivity index (χ1v) is 6.89. The first-order valence-electron chi connectivity index (χ1n) is 6.89. The van der Waals surface area contributed by atoms with Crippen LogP contribution in [0.15, 0.2) is 30.5 Å². The minimum atomic E-state index is -0.853. The molecule has 1 amide bonds. The normalized spacial score (nSPS) is 18.7. The molecular weight excluding hydrogens is 276 g/mol. The van der Waals surface area contributed by atoms with E-state index in [-0.39, 0.29) is 5.92 Å². The fourth-order valence-corrected chi connectivity index (χ4v) is 2.15. The van der Waals surface area contributed by atoms with Gasteiger partial charge in [-0.15, -0.1) is 0 Å². The number of hydrogen-bond donors (Lipinski definition) is 0. The van der Waals surface area contributed by atoms with Crippen molar-refractivity contribution < 1.29 is 18.3 Å². The van der Waals surface area contributed by atoms with E-state index in [9.17, 15) is 13.6 Å². The molecule has 21 heavy (non-hydrogen) atoms. The second-order valence-corrected chi connectivity index (χ2v) is 6.08. The van der Waals surface area contributed by atoms with Crippen molar-refractivity contribution in [2.45, 2.75) is 38.7 Å². The summed E-state index contributed by atoms with van der Waals surface area (Å²) >= 11 is 0. The van der Waals surface area contributed by atoms with E-state index in [0.29, 0.717) is 18.5 Å². The van der Waals surface area contributed by atoms with Crippen LogP contribution in [0.1, 0.15) is 38.7 Å². The van der Waals surface area contributed by atoms with Crippen LogP contribution < -0.4 is 0 Å². The Hall–Kier alpha value is -1.91. The molecule has 0 N–H and O–H groups in total. The molecule has 1 aliphatic heterocycles. The highest BCUT2D eigenvalue weighted by Gasteiger charge is 2.24. The highest BCUT2D eigenvalue weighted by atomic mass is 19.2. The average Bonchev–Trinajstić information content (AvgIpc) is 2.40. The number of amides is 1. The summed E-state index contributed by atoms with van der Waals surface area (Å²) in [6.07, 6.45) is 3.69. The number of benzene rings is 1. The van der Waals surface area contributed by atoms with Gasteiger partial charge >= 0.3 is 6.09 Å². The zero-order valence-corrected chi connectivity index (χ0v) is 12.4. The molecule has 0 saturated heterocycles. The lowest BCUT2D eigenvalue weighted by molar-refractivity contribution is 0.0324. The molecule has 0 unspecified atom stereocenters. The third-order valence-corrected chi connectivity index (χ3v) is 3.18. The summed E-state index contributed by atoms with van der Waals surface area (Å²) in [7, 11) is 0. The molecule has 1 aliphatic rings. The van der Waals surface area contributed by atoms with Crippen LogP contribution in [0.25, 0.3) is 0 Å². The number of carbonyl (C=O) groups is 1. The summed E-state index contributed by atoms with van der Waals surface area (Å²) in [6, 6.07) is 3.89. The monoisotopic (exact) mass is 295 g/mol. The van der Waals surface area contributed by atoms with Crippen LogP contribution in [0.4, 0.5) is 13.6 Å². The first-order chi connectivity index (χ1) is 9.76. The summed E-state index contributed by atoms with van der Waals surface area (Å²) in [6.45, 7) is 5.91. The Morgan fingerprint density at radius 3 is 2.52 bits per heavy atom. The van der Waals surface area contributed by atoms with Gasteiger partial charge in [0.2, 0.25) is 0 Å². The molecule has 0 radical (unpaired) electrons. The number of hydrogen-bond acceptors (Lipinski definition) is 2. The minimum absolute atomic E-state index is 0.0289. The van der Waals surface area contributed by atoms with E-state index < -0.39 is 23.3 Å². The molecule has 0 saturated carbocycles. The highest BCUT2D eigenvalue weighted by molar-refractivity contribution is 5.69. The van der Waals surface area contributed by atoms with Crippen molar-refractivity contribution in [3.63, 3.8) is 0 Å². The van der Waals surface area contributed by atoms with Crippen molar-refractivity contribution in [2.24, 2.45) is 0 Å². The van der Waals surface area contributed by atoms with E-state index in [1.165, 1.54) is 11.0 Å². The second kappa shape index (κ2) is 5.84. The second-order valence-electron chi connectivity index (χ2n) is 6.08. The summed E-state index contributed by atoms with van der Waals surface area (Å²) in [4.78, 5) is 13.4. The van der Waals surface area contributed by atoms with Crippen LogP contribution >= 0.6 is 0 Å². The predicted molar refractivity (Wildman–Crippen MR) is 75.8 cm³/mol. The fraction of sp³-hybridized carbons (Fsp3) is 0.438. The molecular formula is C16H19F2NO2. The van der Waals surface area contributed by atoms with Crippen LogP contribution in [0.2, 0.25) is 0 Å². The Bertz CT molecular complexity index is 564. The third kappa shape index (κ3) is 4.03. The van der Waals surface area contributed by atoms with Gasteiger partial charge < -0.3 is 4.74 Å². The van der Waals surface area contributed by atoms with Gasteiger partial charge in [-0.1, -0.05) is 12.1 Å². The number of halogens is 2. The Balaban J connectivity index is 2.04. The van der Waals surface area contributed by atoms with Crippen molar-refractivity contribution in [1.29, 1.82) is 0 Å². The van der Waals surface area contributed by atoms with Crippen LogP contribution in [-0.4, -0.2) is 23.1 Å². The van der Waals surface area contributed by atoms with Crippen molar-refractivity contribution in [3.8, 4) is 0 Å². The van der Waals surface area contributed by atoms with Gasteiger partial charge in [0.1, 0.15) is 5.60 Å². The van der Waals surface area contributed by atoms with E-state index in [1.54, 1.807) is 18.3 Å². The third-order valence-electron chi connectivity index (χ3n) is 3.18. The number of carbonyl (C=O) groups excluding carboxylic acids is 1. The van der Waals surface area contributed by atoms with Gasteiger partial charge in [0.15, 0.2) is 11.6 Å². The van der Waals surface area contributed by atoms with Crippen LogP contribution in [-0.2, 0) is 4.74 Å². The molecule has 1 atom stereocenters. The van der Waals surface area contributed by atoms with Gasteiger partial charge in [0, 0.05) is 18.7 Å². The van der Waals surface area contributed by atoms with E-state index in [1.807, 2.05) is 20.8 Å². The smallest absolute Gasteiger partial charge is 0.414 e. The minimum Gasteiger partial charge on any atom is -0.443 e. The van der Waals surface area contributed by atoms with Crippen molar-refractivity contribution in [3.05, 3.63) is 47.7 Å². The molecule has 0 spiro atoms. The summed E-state index contributed by atoms with van der Waals surface area (Å²) in [5.74, 6) is -1.73. The van der Waals surface area contributed by atoms with E-state index >= 15 is 0 Å². The van der Waals surface area contributed by atoms with Crippen LogP contribution in [0.3, 0.4) is 0 Å². The standard InChI is InChI=1S/C16H19F2NO2/c1-16(2,3)21-15(20)19-8-6-11(7-9-19)12-4-5-13(17)14(18)10-12/h4-6,8,10-11H,7,9H2,1-3H3/t11-/m1/s1. The fourth-order valence-electron chi connectivity index (χ4n) is 2.15. The Morgan fingerprint density at radius 2 is 2.00 bits per heavy atom. The van der Waals surface area contributed by atoms with Crippen LogP contribution in [0.5, 0.6) is 0 Å². The average molecular weight is 295 g/mol. The van der Waals surface area contributed by atoms with Gasteiger partial charge in [-0.2, -0.15) is 0 Å². The van der Waals surface area contributed by atoms with E-state index in [0.717, 1.165) is 6.07 Å². The van der Waals surface area contributed by atoms with Crippen LogP contribution in [0, 0.1) is 11.6 Å². The molecule has 2 rings (SSSR count). The van der Waals surface area contributed by atoms with Gasteiger partial charge in [0.05, 0.1) is 0 Å². The Morgan fingerprint density at radius 1 is 1.29 bits per heavy atom. The predicted octanol–water partition coefficient (Wildman–Crippen LogP) is 4.20. The van der Waals surface area contributed by atoms with Gasteiger partial charge in [-0.3, -0.25) is 4.90 Å². The van der Waals surface area contributed by atoms with Crippen molar-refractivity contribution >= 4 is 6.09 Å². The molecule has 3 nitrogen and oxygen atoms in total. The molecule has 114 valence electrons. The molecule has 5 heteroatoms. The van der Waals surface area contributed by atoms with E-state index in [4.69, 9.17) is 4.74 Å². The number of ether oxygens (including phenoxy) is 1. The maximum absolute atomic E-state index is 13.2. The number of allylic oxidation sites excluding steroid dienone is 1. The molecule has 0 bridgehead atoms. The van der Waals surface area contributed by atoms with Gasteiger partial charge in [-0.25, -0.2) is 13.6 Å². The molecule has 0 aromatic heterocycles. The van der Waals surface area contributed by atoms with E-state index in [2.05, 4.69) is 0 Å². The molecule has 0 fully saturated rings. The molecule has 1 aromatic rings. The van der Waals surface area contributed by atoms with Gasteiger partial charge in [0.25, 0.3) is 0 Å². The lowest BCUT2D eigenvalue weighted by atomic mass is 9.93. The number of rotatable bonds is 1. The van der Waals surface area contributed by atoms with Gasteiger partial charge in [-0.05, 0) is 44.9 Å². The topological polar surface area (TPSA) is 29.5 Å². The molecule has 0 aliphatic carbocycles. The maximum atomic E-state index is 13.2. The Kier molecular flexibility index (Phi) is 4.30. The molecule has 1 heterocycles. The molecule has 1 aromatic carbocycles. The lowest BCUT2D eigenvalue weighted by Crippen LogP contribution is -2.36.